The molecule has 0 aromatic rings. The maximum Gasteiger partial charge on any atom is 0.0168 e. The molecule has 11 heavy (non-hydrogen) atoms. The van der Waals surface area contributed by atoms with Gasteiger partial charge in [-0.05, 0) is 25.8 Å². The Morgan fingerprint density at radius 1 is 1.55 bits per heavy atom. The van der Waals surface area contributed by atoms with Crippen molar-refractivity contribution in [1.29, 1.82) is 0 Å². The summed E-state index contributed by atoms with van der Waals surface area (Å²) >= 11 is 0. The number of nitrogens with one attached hydrogen (secondary N) is 2. The first kappa shape index (κ1) is 7.32. The van der Waals surface area contributed by atoms with E-state index >= 15 is 0 Å². The molecule has 1 aliphatic heterocycles. The van der Waals surface area contributed by atoms with E-state index in [9.17, 15) is 0 Å². The van der Waals surface area contributed by atoms with Crippen LogP contribution in [0.5, 0.6) is 0 Å². The maximum atomic E-state index is 3.53. The summed E-state index contributed by atoms with van der Waals surface area (Å²) in [5.74, 6) is 0. The van der Waals surface area contributed by atoms with Gasteiger partial charge in [-0.25, -0.2) is 0 Å². The zero-order chi connectivity index (χ0) is 7.52. The maximum absolute atomic E-state index is 3.53. The summed E-state index contributed by atoms with van der Waals surface area (Å²) in [5.41, 5.74) is 1.59. The van der Waals surface area contributed by atoms with E-state index in [1.165, 1.54) is 19.3 Å². The smallest absolute Gasteiger partial charge is 0.0168 e. The van der Waals surface area contributed by atoms with Crippen molar-refractivity contribution in [3.8, 4) is 0 Å². The van der Waals surface area contributed by atoms with E-state index in [1.807, 2.05) is 0 Å². The second-order valence-electron chi connectivity index (χ2n) is 3.47. The van der Waals surface area contributed by atoms with Gasteiger partial charge in [0, 0.05) is 19.1 Å². The zero-order valence-electron chi connectivity index (χ0n) is 6.90. The van der Waals surface area contributed by atoms with Gasteiger partial charge in [0.25, 0.3) is 0 Å². The largest absolute Gasteiger partial charge is 0.313 e. The predicted octanol–water partition coefficient (Wildman–Crippen LogP) is 0.658. The minimum Gasteiger partial charge on any atom is -0.313 e. The SMILES string of the molecule is C1=C(CNC2CC2)CCNC1. The van der Waals surface area contributed by atoms with Crippen LogP contribution in [-0.4, -0.2) is 25.7 Å². The van der Waals surface area contributed by atoms with Gasteiger partial charge < -0.3 is 10.6 Å². The highest BCUT2D eigenvalue weighted by atomic mass is 14.9. The third-order valence-corrected chi connectivity index (χ3v) is 2.35. The molecule has 2 heteroatoms. The molecule has 2 aliphatic rings. The summed E-state index contributed by atoms with van der Waals surface area (Å²) in [6.45, 7) is 3.37. The van der Waals surface area contributed by atoms with Crippen molar-refractivity contribution in [2.24, 2.45) is 0 Å². The van der Waals surface area contributed by atoms with E-state index in [1.54, 1.807) is 5.57 Å². The lowest BCUT2D eigenvalue weighted by molar-refractivity contribution is 0.651. The Bertz CT molecular complexity index is 159. The molecule has 2 N–H and O–H groups in total. The fourth-order valence-electron chi connectivity index (χ4n) is 1.39. The summed E-state index contributed by atoms with van der Waals surface area (Å²) < 4.78 is 0. The molecule has 0 bridgehead atoms. The highest BCUT2D eigenvalue weighted by Crippen LogP contribution is 2.19. The van der Waals surface area contributed by atoms with Gasteiger partial charge in [0.1, 0.15) is 0 Å². The molecule has 1 fully saturated rings. The Kier molecular flexibility index (Phi) is 2.24. The fraction of sp³-hybridized carbons (Fsp3) is 0.778. The first-order valence-electron chi connectivity index (χ1n) is 4.57. The van der Waals surface area contributed by atoms with Crippen molar-refractivity contribution >= 4 is 0 Å². The summed E-state index contributed by atoms with van der Waals surface area (Å²) in [5, 5.41) is 6.84. The van der Waals surface area contributed by atoms with Crippen LogP contribution in [0.15, 0.2) is 11.6 Å². The quantitative estimate of drug-likeness (QED) is 0.580. The Hall–Kier alpha value is -0.340. The normalized spacial score (nSPS) is 24.9. The molecule has 1 saturated carbocycles. The van der Waals surface area contributed by atoms with Gasteiger partial charge in [-0.2, -0.15) is 0 Å². The molecule has 2 rings (SSSR count). The Labute approximate surface area is 68.1 Å². The molecule has 1 aliphatic carbocycles. The molecule has 0 spiro atoms. The molecule has 62 valence electrons. The van der Waals surface area contributed by atoms with Crippen LogP contribution in [0.25, 0.3) is 0 Å². The first-order valence-corrected chi connectivity index (χ1v) is 4.57. The van der Waals surface area contributed by atoms with Crippen LogP contribution in [0.1, 0.15) is 19.3 Å². The van der Waals surface area contributed by atoms with Gasteiger partial charge in [0.05, 0.1) is 0 Å². The summed E-state index contributed by atoms with van der Waals surface area (Å²) in [7, 11) is 0. The van der Waals surface area contributed by atoms with E-state index in [0.717, 1.165) is 25.7 Å². The Morgan fingerprint density at radius 3 is 3.09 bits per heavy atom. The first-order chi connectivity index (χ1) is 5.45. The third-order valence-electron chi connectivity index (χ3n) is 2.35. The molecular weight excluding hydrogens is 136 g/mol. The van der Waals surface area contributed by atoms with E-state index in [4.69, 9.17) is 0 Å². The molecule has 0 amide bonds. The number of hydrogen-bond donors (Lipinski definition) is 2. The molecule has 0 aromatic carbocycles. The topological polar surface area (TPSA) is 24.1 Å². The standard InChI is InChI=1S/C9H16N2/c1-2-9(1)11-7-8-3-5-10-6-4-8/h3,9-11H,1-2,4-7H2. The molecule has 0 radical (unpaired) electrons. The van der Waals surface area contributed by atoms with E-state index in [-0.39, 0.29) is 0 Å². The lowest BCUT2D eigenvalue weighted by Gasteiger charge is -2.14. The Morgan fingerprint density at radius 2 is 2.45 bits per heavy atom. The van der Waals surface area contributed by atoms with E-state index in [0.29, 0.717) is 0 Å². The molecule has 0 atom stereocenters. The average molecular weight is 152 g/mol. The lowest BCUT2D eigenvalue weighted by atomic mass is 10.1. The van der Waals surface area contributed by atoms with Gasteiger partial charge in [-0.1, -0.05) is 11.6 Å². The third kappa shape index (κ3) is 2.31. The van der Waals surface area contributed by atoms with Crippen LogP contribution < -0.4 is 10.6 Å². The van der Waals surface area contributed by atoms with Gasteiger partial charge >= 0.3 is 0 Å². The highest BCUT2D eigenvalue weighted by molar-refractivity contribution is 5.09. The van der Waals surface area contributed by atoms with Crippen LogP contribution in [0.2, 0.25) is 0 Å². The monoisotopic (exact) mass is 152 g/mol. The Balaban J connectivity index is 1.70. The highest BCUT2D eigenvalue weighted by Gasteiger charge is 2.20. The van der Waals surface area contributed by atoms with Gasteiger partial charge in [0.15, 0.2) is 0 Å². The van der Waals surface area contributed by atoms with Gasteiger partial charge in [-0.3, -0.25) is 0 Å². The van der Waals surface area contributed by atoms with E-state index in [2.05, 4.69) is 16.7 Å². The van der Waals surface area contributed by atoms with Crippen LogP contribution in [-0.2, 0) is 0 Å². The number of rotatable bonds is 3. The number of hydrogen-bond acceptors (Lipinski definition) is 2. The molecule has 0 aromatic heterocycles. The van der Waals surface area contributed by atoms with Gasteiger partial charge in [0.2, 0.25) is 0 Å². The molecule has 0 unspecified atom stereocenters. The van der Waals surface area contributed by atoms with Crippen molar-refractivity contribution in [2.75, 3.05) is 19.6 Å². The van der Waals surface area contributed by atoms with Crippen molar-refractivity contribution in [3.05, 3.63) is 11.6 Å². The predicted molar refractivity (Wildman–Crippen MR) is 46.6 cm³/mol. The molecular formula is C9H16N2. The van der Waals surface area contributed by atoms with Crippen LogP contribution >= 0.6 is 0 Å². The van der Waals surface area contributed by atoms with Crippen molar-refractivity contribution in [3.63, 3.8) is 0 Å². The fourth-order valence-corrected chi connectivity index (χ4v) is 1.39. The molecule has 0 saturated heterocycles. The molecule has 1 heterocycles. The minimum atomic E-state index is 0.853. The second-order valence-corrected chi connectivity index (χ2v) is 3.47. The van der Waals surface area contributed by atoms with Crippen LogP contribution in [0.4, 0.5) is 0 Å². The molecule has 2 nitrogen and oxygen atoms in total. The zero-order valence-corrected chi connectivity index (χ0v) is 6.90. The van der Waals surface area contributed by atoms with Crippen molar-refractivity contribution in [1.82, 2.24) is 10.6 Å². The summed E-state index contributed by atoms with van der Waals surface area (Å²) in [6, 6.07) is 0.853. The van der Waals surface area contributed by atoms with Crippen LogP contribution in [0, 0.1) is 0 Å². The van der Waals surface area contributed by atoms with E-state index < -0.39 is 0 Å². The lowest BCUT2D eigenvalue weighted by Crippen LogP contribution is -2.26. The summed E-state index contributed by atoms with van der Waals surface area (Å²) in [4.78, 5) is 0. The second kappa shape index (κ2) is 3.37. The van der Waals surface area contributed by atoms with Crippen molar-refractivity contribution < 1.29 is 0 Å². The average Bonchev–Trinajstić information content (AvgIpc) is 2.86. The van der Waals surface area contributed by atoms with Crippen LogP contribution in [0.3, 0.4) is 0 Å². The van der Waals surface area contributed by atoms with Gasteiger partial charge in [-0.15, -0.1) is 0 Å². The minimum absolute atomic E-state index is 0.853. The summed E-state index contributed by atoms with van der Waals surface area (Å²) in [6.07, 6.45) is 6.34. The van der Waals surface area contributed by atoms with Crippen molar-refractivity contribution in [2.45, 2.75) is 25.3 Å².